The predicted molar refractivity (Wildman–Crippen MR) is 111 cm³/mol. The van der Waals surface area contributed by atoms with Gasteiger partial charge in [-0.25, -0.2) is 15.0 Å². The number of pyridine rings is 1. The van der Waals surface area contributed by atoms with Gasteiger partial charge in [0.15, 0.2) is 11.1 Å². The largest absolute Gasteiger partial charge is 0.477 e. The van der Waals surface area contributed by atoms with Crippen molar-refractivity contribution < 1.29 is 4.74 Å². The smallest absolute Gasteiger partial charge is 0.213 e. The molecule has 0 atom stereocenters. The Hall–Kier alpha value is -2.35. The number of aliphatic imine (C=N–C) groups is 1. The molecule has 2 N–H and O–H groups in total. The highest BCUT2D eigenvalue weighted by Crippen LogP contribution is 2.29. The Kier molecular flexibility index (Phi) is 6.86. The summed E-state index contributed by atoms with van der Waals surface area (Å²) in [5.41, 5.74) is 2.09. The van der Waals surface area contributed by atoms with Crippen molar-refractivity contribution in [2.75, 3.05) is 32.1 Å². The Morgan fingerprint density at radius 2 is 2.22 bits per heavy atom. The summed E-state index contributed by atoms with van der Waals surface area (Å²) in [7, 11) is 4.00. The molecule has 2 heterocycles. The Morgan fingerprint density at radius 3 is 2.93 bits per heavy atom. The zero-order chi connectivity index (χ0) is 19.1. The molecule has 146 valence electrons. The minimum atomic E-state index is 0.567. The molecule has 0 aromatic carbocycles. The number of thiazole rings is 1. The highest BCUT2D eigenvalue weighted by atomic mass is 32.1. The molecule has 0 aliphatic heterocycles. The molecule has 0 amide bonds. The average molecular weight is 389 g/mol. The molecular weight excluding hydrogens is 360 g/mol. The average Bonchev–Trinajstić information content (AvgIpc) is 3.37. The molecular formula is C19H28N6OS. The normalized spacial score (nSPS) is 14.1. The van der Waals surface area contributed by atoms with Crippen molar-refractivity contribution in [3.05, 3.63) is 35.0 Å². The number of nitrogens with zero attached hydrogens (tertiary/aromatic N) is 4. The molecule has 7 nitrogen and oxygen atoms in total. The fraction of sp³-hybridized carbons (Fsp3) is 0.526. The zero-order valence-corrected chi connectivity index (χ0v) is 17.1. The molecule has 0 saturated heterocycles. The van der Waals surface area contributed by atoms with Gasteiger partial charge < -0.3 is 20.3 Å². The summed E-state index contributed by atoms with van der Waals surface area (Å²) < 4.78 is 5.75. The summed E-state index contributed by atoms with van der Waals surface area (Å²) in [6.07, 6.45) is 4.33. The van der Waals surface area contributed by atoms with Crippen LogP contribution >= 0.6 is 11.3 Å². The van der Waals surface area contributed by atoms with Crippen molar-refractivity contribution in [3.63, 3.8) is 0 Å². The molecule has 0 radical (unpaired) electrons. The van der Waals surface area contributed by atoms with Gasteiger partial charge in [-0.3, -0.25) is 0 Å². The monoisotopic (exact) mass is 388 g/mol. The van der Waals surface area contributed by atoms with Crippen molar-refractivity contribution >= 4 is 22.4 Å². The van der Waals surface area contributed by atoms with Crippen molar-refractivity contribution in [2.45, 2.75) is 32.9 Å². The lowest BCUT2D eigenvalue weighted by molar-refractivity contribution is 0.288. The van der Waals surface area contributed by atoms with Crippen LogP contribution in [0.3, 0.4) is 0 Å². The zero-order valence-electron chi connectivity index (χ0n) is 16.2. The maximum atomic E-state index is 5.75. The second-order valence-corrected chi connectivity index (χ2v) is 7.66. The molecule has 1 saturated carbocycles. The van der Waals surface area contributed by atoms with Gasteiger partial charge in [0, 0.05) is 38.3 Å². The SMILES string of the molecule is CCNC(=NCc1ccnc(OCC2CC2)c1)NCc1csc(N(C)C)n1. The van der Waals surface area contributed by atoms with Gasteiger partial charge in [0.25, 0.3) is 0 Å². The maximum absolute atomic E-state index is 5.75. The molecule has 3 rings (SSSR count). The highest BCUT2D eigenvalue weighted by Gasteiger charge is 2.22. The number of anilines is 1. The van der Waals surface area contributed by atoms with Crippen LogP contribution in [-0.2, 0) is 13.1 Å². The first-order chi connectivity index (χ1) is 13.1. The van der Waals surface area contributed by atoms with E-state index in [4.69, 9.17) is 4.74 Å². The van der Waals surface area contributed by atoms with Gasteiger partial charge in [-0.05, 0) is 37.3 Å². The molecule has 2 aromatic heterocycles. The summed E-state index contributed by atoms with van der Waals surface area (Å²) in [6, 6.07) is 3.94. The van der Waals surface area contributed by atoms with Crippen molar-refractivity contribution in [1.29, 1.82) is 0 Å². The van der Waals surface area contributed by atoms with Gasteiger partial charge in [0.1, 0.15) is 0 Å². The van der Waals surface area contributed by atoms with Gasteiger partial charge >= 0.3 is 0 Å². The van der Waals surface area contributed by atoms with E-state index in [1.165, 1.54) is 12.8 Å². The molecule has 1 aliphatic rings. The molecule has 1 fully saturated rings. The van der Waals surface area contributed by atoms with Gasteiger partial charge in [-0.1, -0.05) is 0 Å². The van der Waals surface area contributed by atoms with E-state index in [1.807, 2.05) is 31.1 Å². The van der Waals surface area contributed by atoms with Crippen LogP contribution < -0.4 is 20.3 Å². The number of aromatic nitrogens is 2. The van der Waals surface area contributed by atoms with Crippen LogP contribution in [0.2, 0.25) is 0 Å². The first kappa shape index (κ1) is 19.4. The third-order valence-electron chi connectivity index (χ3n) is 4.09. The molecule has 8 heteroatoms. The van der Waals surface area contributed by atoms with E-state index in [-0.39, 0.29) is 0 Å². The van der Waals surface area contributed by atoms with E-state index in [1.54, 1.807) is 17.5 Å². The Morgan fingerprint density at radius 1 is 1.37 bits per heavy atom. The van der Waals surface area contributed by atoms with Gasteiger partial charge in [0.2, 0.25) is 5.88 Å². The molecule has 0 spiro atoms. The van der Waals surface area contributed by atoms with Crippen molar-refractivity contribution in [2.24, 2.45) is 10.9 Å². The first-order valence-electron chi connectivity index (χ1n) is 9.35. The fourth-order valence-corrected chi connectivity index (χ4v) is 3.14. The number of hydrogen-bond acceptors (Lipinski definition) is 6. The van der Waals surface area contributed by atoms with E-state index >= 15 is 0 Å². The van der Waals surface area contributed by atoms with Gasteiger partial charge in [0.05, 0.1) is 25.4 Å². The van der Waals surface area contributed by atoms with Crippen LogP contribution in [0, 0.1) is 5.92 Å². The third-order valence-corrected chi connectivity index (χ3v) is 5.14. The second-order valence-electron chi connectivity index (χ2n) is 6.82. The van der Waals surface area contributed by atoms with E-state index in [9.17, 15) is 0 Å². The Bertz CT molecular complexity index is 756. The van der Waals surface area contributed by atoms with Crippen molar-refractivity contribution in [3.8, 4) is 5.88 Å². The van der Waals surface area contributed by atoms with Gasteiger partial charge in [-0.15, -0.1) is 11.3 Å². The summed E-state index contributed by atoms with van der Waals surface area (Å²) in [5, 5.41) is 9.68. The minimum absolute atomic E-state index is 0.567. The molecule has 0 unspecified atom stereocenters. The van der Waals surface area contributed by atoms with E-state index < -0.39 is 0 Å². The predicted octanol–water partition coefficient (Wildman–Crippen LogP) is 2.65. The Balaban J connectivity index is 1.55. The fourth-order valence-electron chi connectivity index (χ4n) is 2.38. The van der Waals surface area contributed by atoms with Crippen LogP contribution in [0.25, 0.3) is 0 Å². The number of guanidine groups is 1. The van der Waals surface area contributed by atoms with Crippen LogP contribution in [0.15, 0.2) is 28.7 Å². The summed E-state index contributed by atoms with van der Waals surface area (Å²) >= 11 is 1.64. The number of ether oxygens (including phenoxy) is 1. The van der Waals surface area contributed by atoms with E-state index in [0.717, 1.165) is 41.4 Å². The lowest BCUT2D eigenvalue weighted by atomic mass is 10.3. The Labute approximate surface area is 164 Å². The topological polar surface area (TPSA) is 74.7 Å². The van der Waals surface area contributed by atoms with Crippen LogP contribution in [0.4, 0.5) is 5.13 Å². The van der Waals surface area contributed by atoms with E-state index in [2.05, 4.69) is 37.9 Å². The molecule has 1 aliphatic carbocycles. The lowest BCUT2D eigenvalue weighted by Crippen LogP contribution is -2.36. The lowest BCUT2D eigenvalue weighted by Gasteiger charge is -2.11. The summed E-state index contributed by atoms with van der Waals surface area (Å²) in [5.74, 6) is 2.18. The summed E-state index contributed by atoms with van der Waals surface area (Å²) in [4.78, 5) is 15.5. The summed E-state index contributed by atoms with van der Waals surface area (Å²) in [6.45, 7) is 4.84. The highest BCUT2D eigenvalue weighted by molar-refractivity contribution is 7.13. The van der Waals surface area contributed by atoms with Gasteiger partial charge in [-0.2, -0.15) is 0 Å². The third kappa shape index (κ3) is 6.39. The molecule has 0 bridgehead atoms. The standard InChI is InChI=1S/C19H28N6OS/c1-4-20-18(23-11-16-13-27-19(24-16)25(2)3)22-10-15-7-8-21-17(9-15)26-12-14-5-6-14/h7-9,13-14H,4-6,10-12H2,1-3H3,(H2,20,22,23). The quantitative estimate of drug-likeness (QED) is 0.508. The van der Waals surface area contributed by atoms with Crippen LogP contribution in [0.1, 0.15) is 31.0 Å². The second kappa shape index (κ2) is 9.55. The number of nitrogens with one attached hydrogen (secondary N) is 2. The van der Waals surface area contributed by atoms with Crippen molar-refractivity contribution in [1.82, 2.24) is 20.6 Å². The number of rotatable bonds is 9. The molecule has 27 heavy (non-hydrogen) atoms. The number of hydrogen-bond donors (Lipinski definition) is 2. The van der Waals surface area contributed by atoms with E-state index in [0.29, 0.717) is 19.0 Å². The maximum Gasteiger partial charge on any atom is 0.213 e. The first-order valence-corrected chi connectivity index (χ1v) is 10.2. The van der Waals surface area contributed by atoms with Crippen LogP contribution in [0.5, 0.6) is 5.88 Å². The van der Waals surface area contributed by atoms with Crippen LogP contribution in [-0.4, -0.2) is 43.2 Å². The minimum Gasteiger partial charge on any atom is -0.477 e. The molecule has 2 aromatic rings.